The van der Waals surface area contributed by atoms with Crippen LogP contribution in [0.1, 0.15) is 0 Å². The lowest BCUT2D eigenvalue weighted by Gasteiger charge is -2.09. The van der Waals surface area contributed by atoms with Crippen molar-refractivity contribution in [2.75, 3.05) is 18.9 Å². The molecule has 0 aliphatic carbocycles. The van der Waals surface area contributed by atoms with Crippen LogP contribution in [0.25, 0.3) is 0 Å². The monoisotopic (exact) mass is 257 g/mol. The number of thiocarbonyl (C=S) groups is 1. The number of nitrogens with one attached hydrogen (secondary N) is 3. The van der Waals surface area contributed by atoms with Crippen LogP contribution in [0.4, 0.5) is 5.69 Å². The zero-order valence-corrected chi connectivity index (χ0v) is 10.3. The van der Waals surface area contributed by atoms with Crippen LogP contribution in [0.5, 0.6) is 0 Å². The number of rotatable bonds is 3. The van der Waals surface area contributed by atoms with Gasteiger partial charge in [-0.25, -0.2) is 0 Å². The van der Waals surface area contributed by atoms with Gasteiger partial charge < -0.3 is 16.0 Å². The molecular formula is C10H12ClN3OS. The van der Waals surface area contributed by atoms with Gasteiger partial charge in [0, 0.05) is 17.8 Å². The molecule has 16 heavy (non-hydrogen) atoms. The van der Waals surface area contributed by atoms with Gasteiger partial charge in [0.05, 0.1) is 6.54 Å². The first-order chi connectivity index (χ1) is 7.61. The van der Waals surface area contributed by atoms with E-state index >= 15 is 0 Å². The summed E-state index contributed by atoms with van der Waals surface area (Å²) < 4.78 is 0. The second-order valence-corrected chi connectivity index (χ2v) is 3.83. The predicted octanol–water partition coefficient (Wildman–Crippen LogP) is 1.37. The van der Waals surface area contributed by atoms with Gasteiger partial charge in [0.2, 0.25) is 5.91 Å². The molecular weight excluding hydrogens is 246 g/mol. The molecule has 0 aliphatic rings. The van der Waals surface area contributed by atoms with Crippen LogP contribution in [0, 0.1) is 0 Å². The van der Waals surface area contributed by atoms with Gasteiger partial charge in [-0.3, -0.25) is 4.79 Å². The van der Waals surface area contributed by atoms with Crippen molar-refractivity contribution >= 4 is 40.5 Å². The van der Waals surface area contributed by atoms with Gasteiger partial charge in [-0.1, -0.05) is 11.6 Å². The summed E-state index contributed by atoms with van der Waals surface area (Å²) in [6, 6.07) is 7.11. The molecule has 1 rings (SSSR count). The molecule has 0 aliphatic heterocycles. The highest BCUT2D eigenvalue weighted by molar-refractivity contribution is 7.80. The molecule has 6 heteroatoms. The largest absolute Gasteiger partial charge is 0.358 e. The highest BCUT2D eigenvalue weighted by Gasteiger charge is 2.00. The maximum Gasteiger partial charge on any atom is 0.239 e. The fraction of sp³-hybridized carbons (Fsp3) is 0.200. The van der Waals surface area contributed by atoms with Gasteiger partial charge in [0.15, 0.2) is 5.11 Å². The number of hydrogen-bond donors (Lipinski definition) is 3. The first-order valence-corrected chi connectivity index (χ1v) is 5.41. The van der Waals surface area contributed by atoms with Crippen molar-refractivity contribution in [1.29, 1.82) is 0 Å². The molecule has 0 atom stereocenters. The number of benzene rings is 1. The molecule has 1 aromatic carbocycles. The lowest BCUT2D eigenvalue weighted by atomic mass is 10.3. The fourth-order valence-electron chi connectivity index (χ4n) is 0.957. The summed E-state index contributed by atoms with van der Waals surface area (Å²) in [6.07, 6.45) is 0. The standard InChI is InChI=1S/C10H12ClN3OS/c1-12-9(15)6-13-10(16)14-8-4-2-7(11)3-5-8/h2-5H,6H2,1H3,(H,12,15)(H2,13,14,16). The summed E-state index contributed by atoms with van der Waals surface area (Å²) in [6.45, 7) is 0.149. The summed E-state index contributed by atoms with van der Waals surface area (Å²) in [5, 5.41) is 9.24. The second-order valence-electron chi connectivity index (χ2n) is 2.99. The average molecular weight is 258 g/mol. The van der Waals surface area contributed by atoms with Crippen molar-refractivity contribution in [2.24, 2.45) is 0 Å². The first-order valence-electron chi connectivity index (χ1n) is 4.63. The Labute approximate surface area is 104 Å². The quantitative estimate of drug-likeness (QED) is 0.716. The van der Waals surface area contributed by atoms with Crippen LogP contribution in [0.3, 0.4) is 0 Å². The van der Waals surface area contributed by atoms with Crippen molar-refractivity contribution < 1.29 is 4.79 Å². The topological polar surface area (TPSA) is 53.2 Å². The van der Waals surface area contributed by atoms with Crippen molar-refractivity contribution in [3.8, 4) is 0 Å². The summed E-state index contributed by atoms with van der Waals surface area (Å²) in [5.41, 5.74) is 0.818. The normalized spacial score (nSPS) is 9.38. The number of hydrogen-bond acceptors (Lipinski definition) is 2. The van der Waals surface area contributed by atoms with Crippen LogP contribution in [0.2, 0.25) is 5.02 Å². The van der Waals surface area contributed by atoms with Crippen molar-refractivity contribution in [1.82, 2.24) is 10.6 Å². The Kier molecular flexibility index (Phi) is 5.01. The molecule has 0 spiro atoms. The number of halogens is 1. The minimum absolute atomic E-state index is 0.125. The molecule has 4 nitrogen and oxygen atoms in total. The smallest absolute Gasteiger partial charge is 0.239 e. The van der Waals surface area contributed by atoms with E-state index in [1.165, 1.54) is 0 Å². The third-order valence-electron chi connectivity index (χ3n) is 1.79. The van der Waals surface area contributed by atoms with Crippen LogP contribution in [-0.4, -0.2) is 24.6 Å². The Morgan fingerprint density at radius 2 is 2.00 bits per heavy atom. The molecule has 0 saturated carbocycles. The minimum atomic E-state index is -0.125. The average Bonchev–Trinajstić information content (AvgIpc) is 2.29. The van der Waals surface area contributed by atoms with Crippen LogP contribution in [0.15, 0.2) is 24.3 Å². The van der Waals surface area contributed by atoms with Crippen LogP contribution < -0.4 is 16.0 Å². The van der Waals surface area contributed by atoms with Gasteiger partial charge in [-0.2, -0.15) is 0 Å². The third-order valence-corrected chi connectivity index (χ3v) is 2.29. The van der Waals surface area contributed by atoms with Gasteiger partial charge in [0.25, 0.3) is 0 Å². The Morgan fingerprint density at radius 1 is 1.38 bits per heavy atom. The van der Waals surface area contributed by atoms with Gasteiger partial charge in [-0.15, -0.1) is 0 Å². The minimum Gasteiger partial charge on any atom is -0.358 e. The van der Waals surface area contributed by atoms with Crippen LogP contribution in [-0.2, 0) is 4.79 Å². The van der Waals surface area contributed by atoms with E-state index in [9.17, 15) is 4.79 Å². The molecule has 0 unspecified atom stereocenters. The molecule has 0 radical (unpaired) electrons. The maximum absolute atomic E-state index is 10.9. The van der Waals surface area contributed by atoms with E-state index in [2.05, 4.69) is 16.0 Å². The maximum atomic E-state index is 10.9. The molecule has 86 valence electrons. The second kappa shape index (κ2) is 6.30. The predicted molar refractivity (Wildman–Crippen MR) is 69.7 cm³/mol. The van der Waals surface area contributed by atoms with E-state index in [-0.39, 0.29) is 12.5 Å². The van der Waals surface area contributed by atoms with Crippen molar-refractivity contribution in [3.63, 3.8) is 0 Å². The highest BCUT2D eigenvalue weighted by atomic mass is 35.5. The zero-order valence-electron chi connectivity index (χ0n) is 8.71. The molecule has 0 heterocycles. The van der Waals surface area contributed by atoms with Crippen molar-refractivity contribution in [2.45, 2.75) is 0 Å². The molecule has 1 aromatic rings. The zero-order chi connectivity index (χ0) is 12.0. The first kappa shape index (κ1) is 12.7. The van der Waals surface area contributed by atoms with E-state index in [1.54, 1.807) is 31.3 Å². The lowest BCUT2D eigenvalue weighted by molar-refractivity contribution is -0.119. The Hall–Kier alpha value is -1.33. The number of anilines is 1. The van der Waals surface area contributed by atoms with Crippen LogP contribution >= 0.6 is 23.8 Å². The molecule has 3 N–H and O–H groups in total. The van der Waals surface area contributed by atoms with Gasteiger partial charge in [-0.05, 0) is 36.5 Å². The molecule has 1 amide bonds. The summed E-state index contributed by atoms with van der Waals surface area (Å²) in [7, 11) is 1.57. The molecule has 0 saturated heterocycles. The van der Waals surface area contributed by atoms with E-state index in [0.717, 1.165) is 5.69 Å². The Bertz CT molecular complexity index is 380. The third kappa shape index (κ3) is 4.46. The Morgan fingerprint density at radius 3 is 2.56 bits per heavy atom. The number of carbonyl (C=O) groups excluding carboxylic acids is 1. The van der Waals surface area contributed by atoms with Crippen molar-refractivity contribution in [3.05, 3.63) is 29.3 Å². The lowest BCUT2D eigenvalue weighted by Crippen LogP contribution is -2.37. The Balaban J connectivity index is 2.40. The molecule has 0 aromatic heterocycles. The number of amides is 1. The summed E-state index contributed by atoms with van der Waals surface area (Å²) in [4.78, 5) is 10.9. The van der Waals surface area contributed by atoms with E-state index in [1.807, 2.05) is 0 Å². The SMILES string of the molecule is CNC(=O)CNC(=S)Nc1ccc(Cl)cc1. The number of carbonyl (C=O) groups is 1. The van der Waals surface area contributed by atoms with E-state index in [4.69, 9.17) is 23.8 Å². The van der Waals surface area contributed by atoms with E-state index in [0.29, 0.717) is 10.1 Å². The molecule has 0 fully saturated rings. The van der Waals surface area contributed by atoms with Gasteiger partial charge in [0.1, 0.15) is 0 Å². The fourth-order valence-corrected chi connectivity index (χ4v) is 1.27. The molecule has 0 bridgehead atoms. The number of likely N-dealkylation sites (N-methyl/N-ethyl adjacent to an activating group) is 1. The summed E-state index contributed by atoms with van der Waals surface area (Å²) >= 11 is 10.7. The van der Waals surface area contributed by atoms with E-state index < -0.39 is 0 Å². The van der Waals surface area contributed by atoms with Gasteiger partial charge >= 0.3 is 0 Å². The summed E-state index contributed by atoms with van der Waals surface area (Å²) in [5.74, 6) is -0.125. The highest BCUT2D eigenvalue weighted by Crippen LogP contribution is 2.12.